The Bertz CT molecular complexity index is 1240. The Labute approximate surface area is 189 Å². The summed E-state index contributed by atoms with van der Waals surface area (Å²) in [6.45, 7) is 6.59. The van der Waals surface area contributed by atoms with Gasteiger partial charge in [0.05, 0.1) is 21.3 Å². The van der Waals surface area contributed by atoms with Crippen molar-refractivity contribution in [1.29, 1.82) is 0 Å². The summed E-state index contributed by atoms with van der Waals surface area (Å²) in [5, 5.41) is 4.76. The van der Waals surface area contributed by atoms with Crippen molar-refractivity contribution in [1.82, 2.24) is 19.4 Å². The number of carbonyl (C=O) groups excluding carboxylic acids is 1. The molecule has 0 bridgehead atoms. The van der Waals surface area contributed by atoms with E-state index in [1.165, 1.54) is 11.3 Å². The first kappa shape index (κ1) is 21.4. The minimum Gasteiger partial charge on any atom is -0.444 e. The number of fused-ring (bicyclic) bond motifs is 2. The van der Waals surface area contributed by atoms with Crippen LogP contribution in [0.3, 0.4) is 0 Å². The highest BCUT2D eigenvalue weighted by Crippen LogP contribution is 2.31. The van der Waals surface area contributed by atoms with Crippen molar-refractivity contribution in [3.05, 3.63) is 47.5 Å². The summed E-state index contributed by atoms with van der Waals surface area (Å²) in [4.78, 5) is 23.3. The molecule has 2 aromatic carbocycles. The molecule has 2 heterocycles. The van der Waals surface area contributed by atoms with E-state index in [1.54, 1.807) is 11.9 Å². The van der Waals surface area contributed by atoms with Gasteiger partial charge in [0, 0.05) is 25.2 Å². The molecule has 7 nitrogen and oxygen atoms in total. The minimum absolute atomic E-state index is 0.352. The molecular formula is C22H24ClN5O2S. The predicted molar refractivity (Wildman–Crippen MR) is 127 cm³/mol. The van der Waals surface area contributed by atoms with Gasteiger partial charge in [-0.3, -0.25) is 0 Å². The fourth-order valence-electron chi connectivity index (χ4n) is 3.13. The first-order valence-electron chi connectivity index (χ1n) is 9.92. The number of thiazole rings is 1. The molecule has 1 N–H and O–H groups in total. The molecule has 0 saturated carbocycles. The van der Waals surface area contributed by atoms with E-state index in [2.05, 4.69) is 14.9 Å². The molecule has 2 aromatic heterocycles. The number of anilines is 2. The molecule has 0 aliphatic carbocycles. The van der Waals surface area contributed by atoms with Gasteiger partial charge in [-0.2, -0.15) is 0 Å². The normalized spacial score (nSPS) is 11.8. The van der Waals surface area contributed by atoms with Crippen molar-refractivity contribution in [2.45, 2.75) is 32.9 Å². The van der Waals surface area contributed by atoms with Crippen LogP contribution in [0.5, 0.6) is 0 Å². The number of benzene rings is 2. The first-order chi connectivity index (χ1) is 14.7. The molecular weight excluding hydrogens is 434 g/mol. The Morgan fingerprint density at radius 2 is 1.97 bits per heavy atom. The Morgan fingerprint density at radius 1 is 1.19 bits per heavy atom. The van der Waals surface area contributed by atoms with E-state index in [4.69, 9.17) is 21.3 Å². The molecule has 0 aliphatic heterocycles. The Kier molecular flexibility index (Phi) is 5.77. The van der Waals surface area contributed by atoms with Gasteiger partial charge in [-0.15, -0.1) is 0 Å². The first-order valence-corrected chi connectivity index (χ1v) is 11.1. The lowest BCUT2D eigenvalue weighted by Gasteiger charge is -2.25. The molecule has 4 aromatic rings. The maximum atomic E-state index is 12.3. The molecule has 9 heteroatoms. The number of aromatic nitrogens is 3. The number of hydrogen-bond donors (Lipinski definition) is 1. The number of imidazole rings is 1. The fraction of sp³-hybridized carbons (Fsp3) is 0.318. The Hall–Kier alpha value is -2.84. The highest BCUT2D eigenvalue weighted by Gasteiger charge is 2.20. The van der Waals surface area contributed by atoms with Crippen LogP contribution in [-0.4, -0.2) is 44.7 Å². The van der Waals surface area contributed by atoms with Gasteiger partial charge in [0.2, 0.25) is 5.95 Å². The van der Waals surface area contributed by atoms with Gasteiger partial charge < -0.3 is 19.5 Å². The third kappa shape index (κ3) is 4.91. The monoisotopic (exact) mass is 457 g/mol. The number of amides is 1. The maximum Gasteiger partial charge on any atom is 0.410 e. The van der Waals surface area contributed by atoms with E-state index in [-0.39, 0.29) is 6.09 Å². The van der Waals surface area contributed by atoms with Gasteiger partial charge in [0.1, 0.15) is 5.60 Å². The smallest absolute Gasteiger partial charge is 0.410 e. The number of para-hydroxylation sites is 2. The Balaban J connectivity index is 1.59. The molecule has 0 fully saturated rings. The van der Waals surface area contributed by atoms with Gasteiger partial charge in [-0.25, -0.2) is 14.8 Å². The summed E-state index contributed by atoms with van der Waals surface area (Å²) < 4.78 is 8.51. The summed E-state index contributed by atoms with van der Waals surface area (Å²) in [5.74, 6) is 0.670. The molecule has 0 aliphatic rings. The predicted octanol–water partition coefficient (Wildman–Crippen LogP) is 5.91. The van der Waals surface area contributed by atoms with Crippen molar-refractivity contribution in [2.24, 2.45) is 0 Å². The van der Waals surface area contributed by atoms with Crippen molar-refractivity contribution in [3.63, 3.8) is 0 Å². The van der Waals surface area contributed by atoms with Crippen molar-refractivity contribution < 1.29 is 9.53 Å². The van der Waals surface area contributed by atoms with Gasteiger partial charge in [-0.05, 0) is 51.1 Å². The van der Waals surface area contributed by atoms with Crippen molar-refractivity contribution >= 4 is 61.4 Å². The summed E-state index contributed by atoms with van der Waals surface area (Å²) in [6.07, 6.45) is -0.352. The maximum absolute atomic E-state index is 12.3. The molecule has 0 saturated heterocycles. The molecule has 31 heavy (non-hydrogen) atoms. The van der Waals surface area contributed by atoms with Crippen LogP contribution in [0.4, 0.5) is 15.9 Å². The highest BCUT2D eigenvalue weighted by atomic mass is 35.5. The summed E-state index contributed by atoms with van der Waals surface area (Å²) in [7, 11) is 1.73. The van der Waals surface area contributed by atoms with E-state index >= 15 is 0 Å². The molecule has 162 valence electrons. The zero-order chi connectivity index (χ0) is 22.2. The standard InChI is InChI=1S/C22H24ClN5O2S/c1-22(2,3)30-21(29)27(4)11-12-28-17-8-6-5-7-15(17)24-19(28)26-20-25-16-10-9-14(23)13-18(16)31-20/h5-10,13H,11-12H2,1-4H3,(H,24,25,26). The molecule has 0 radical (unpaired) electrons. The quantitative estimate of drug-likeness (QED) is 0.403. The van der Waals surface area contributed by atoms with Gasteiger partial charge in [0.25, 0.3) is 0 Å². The van der Waals surface area contributed by atoms with Crippen molar-refractivity contribution in [2.75, 3.05) is 18.9 Å². The van der Waals surface area contributed by atoms with E-state index in [9.17, 15) is 4.79 Å². The van der Waals surface area contributed by atoms with Gasteiger partial charge >= 0.3 is 6.09 Å². The number of rotatable bonds is 5. The Morgan fingerprint density at radius 3 is 2.74 bits per heavy atom. The van der Waals surface area contributed by atoms with Gasteiger partial charge in [0.15, 0.2) is 5.13 Å². The summed E-state index contributed by atoms with van der Waals surface area (Å²) >= 11 is 7.62. The minimum atomic E-state index is -0.532. The fourth-order valence-corrected chi connectivity index (χ4v) is 4.26. The lowest BCUT2D eigenvalue weighted by Crippen LogP contribution is -2.36. The van der Waals surface area contributed by atoms with Crippen LogP contribution in [0.1, 0.15) is 20.8 Å². The topological polar surface area (TPSA) is 72.3 Å². The van der Waals surface area contributed by atoms with E-state index in [1.807, 2.05) is 63.2 Å². The second-order valence-electron chi connectivity index (χ2n) is 8.23. The van der Waals surface area contributed by atoms with Crippen LogP contribution in [-0.2, 0) is 11.3 Å². The van der Waals surface area contributed by atoms with Crippen LogP contribution < -0.4 is 5.32 Å². The van der Waals surface area contributed by atoms with E-state index < -0.39 is 5.60 Å². The average molecular weight is 458 g/mol. The van der Waals surface area contributed by atoms with Crippen LogP contribution >= 0.6 is 22.9 Å². The van der Waals surface area contributed by atoms with E-state index in [0.29, 0.717) is 24.1 Å². The third-order valence-electron chi connectivity index (χ3n) is 4.59. The number of carbonyl (C=O) groups is 1. The number of hydrogen-bond acceptors (Lipinski definition) is 6. The third-order valence-corrected chi connectivity index (χ3v) is 5.76. The van der Waals surface area contributed by atoms with Gasteiger partial charge in [-0.1, -0.05) is 35.1 Å². The number of nitrogens with zero attached hydrogens (tertiary/aromatic N) is 4. The molecule has 1 amide bonds. The SMILES string of the molecule is CN(CCn1c(Nc2nc3ccc(Cl)cc3s2)nc2ccccc21)C(=O)OC(C)(C)C. The van der Waals surface area contributed by atoms with Crippen molar-refractivity contribution in [3.8, 4) is 0 Å². The van der Waals surface area contributed by atoms with Crippen LogP contribution in [0.2, 0.25) is 5.02 Å². The van der Waals surface area contributed by atoms with Crippen LogP contribution in [0.15, 0.2) is 42.5 Å². The van der Waals surface area contributed by atoms with Crippen LogP contribution in [0, 0.1) is 0 Å². The lowest BCUT2D eigenvalue weighted by atomic mass is 10.2. The lowest BCUT2D eigenvalue weighted by molar-refractivity contribution is 0.0294. The second-order valence-corrected chi connectivity index (χ2v) is 9.70. The highest BCUT2D eigenvalue weighted by molar-refractivity contribution is 7.22. The molecule has 0 atom stereocenters. The summed E-state index contributed by atoms with van der Waals surface area (Å²) in [6, 6.07) is 13.5. The molecule has 4 rings (SSSR count). The van der Waals surface area contributed by atoms with E-state index in [0.717, 1.165) is 26.4 Å². The average Bonchev–Trinajstić information content (AvgIpc) is 3.24. The zero-order valence-electron chi connectivity index (χ0n) is 17.8. The largest absolute Gasteiger partial charge is 0.444 e. The molecule has 0 spiro atoms. The van der Waals surface area contributed by atoms with Crippen LogP contribution in [0.25, 0.3) is 21.3 Å². The number of ether oxygens (including phenoxy) is 1. The molecule has 0 unspecified atom stereocenters. The zero-order valence-corrected chi connectivity index (χ0v) is 19.4. The second kappa shape index (κ2) is 8.36. The number of likely N-dealkylation sites (N-methyl/N-ethyl adjacent to an activating group) is 1. The summed E-state index contributed by atoms with van der Waals surface area (Å²) in [5.41, 5.74) is 2.19. The number of nitrogens with one attached hydrogen (secondary N) is 1. The number of halogens is 1.